The molecule has 106 valence electrons. The van der Waals surface area contributed by atoms with E-state index in [2.05, 4.69) is 9.97 Å². The standard InChI is InChI=1S/C12H13N3O5/c1-12(2)19-9(16)7(10(17)20-12)8(13)6-4-14-11(18-3)15-5-6/h4-5,7,13H,1-3H3. The molecule has 2 rings (SSSR count). The second-order valence-corrected chi connectivity index (χ2v) is 4.55. The zero-order chi connectivity index (χ0) is 14.9. The lowest BCUT2D eigenvalue weighted by atomic mass is 9.97. The summed E-state index contributed by atoms with van der Waals surface area (Å²) in [5.74, 6) is -4.40. The fourth-order valence-electron chi connectivity index (χ4n) is 1.68. The van der Waals surface area contributed by atoms with Gasteiger partial charge < -0.3 is 19.6 Å². The van der Waals surface area contributed by atoms with Gasteiger partial charge >= 0.3 is 17.9 Å². The van der Waals surface area contributed by atoms with E-state index < -0.39 is 23.6 Å². The van der Waals surface area contributed by atoms with Crippen LogP contribution in [0.3, 0.4) is 0 Å². The molecule has 1 aromatic rings. The number of cyclic esters (lactones) is 2. The highest BCUT2D eigenvalue weighted by molar-refractivity contribution is 6.22. The van der Waals surface area contributed by atoms with Crippen molar-refractivity contribution in [1.29, 1.82) is 5.41 Å². The van der Waals surface area contributed by atoms with Crippen LogP contribution in [0.25, 0.3) is 0 Å². The fraction of sp³-hybridized carbons (Fsp3) is 0.417. The van der Waals surface area contributed by atoms with E-state index in [0.717, 1.165) is 0 Å². The summed E-state index contributed by atoms with van der Waals surface area (Å²) < 4.78 is 14.7. The fourth-order valence-corrected chi connectivity index (χ4v) is 1.68. The van der Waals surface area contributed by atoms with Crippen LogP contribution >= 0.6 is 0 Å². The van der Waals surface area contributed by atoms with E-state index in [9.17, 15) is 9.59 Å². The molecule has 1 saturated heterocycles. The molecular weight excluding hydrogens is 266 g/mol. The van der Waals surface area contributed by atoms with Gasteiger partial charge in [0.05, 0.1) is 12.8 Å². The van der Waals surface area contributed by atoms with Crippen molar-refractivity contribution in [3.63, 3.8) is 0 Å². The van der Waals surface area contributed by atoms with E-state index in [0.29, 0.717) is 0 Å². The smallest absolute Gasteiger partial charge is 0.329 e. The zero-order valence-corrected chi connectivity index (χ0v) is 11.2. The highest BCUT2D eigenvalue weighted by atomic mass is 16.7. The summed E-state index contributed by atoms with van der Waals surface area (Å²) in [5.41, 5.74) is -0.0671. The molecule has 0 unspecified atom stereocenters. The highest BCUT2D eigenvalue weighted by Gasteiger charge is 2.45. The monoisotopic (exact) mass is 279 g/mol. The molecule has 20 heavy (non-hydrogen) atoms. The normalized spacial score (nSPS) is 18.1. The van der Waals surface area contributed by atoms with Crippen molar-refractivity contribution >= 4 is 17.7 Å². The molecule has 1 aliphatic rings. The van der Waals surface area contributed by atoms with Crippen molar-refractivity contribution in [1.82, 2.24) is 9.97 Å². The molecule has 1 N–H and O–H groups in total. The number of nitrogens with one attached hydrogen (secondary N) is 1. The van der Waals surface area contributed by atoms with Crippen molar-refractivity contribution in [3.05, 3.63) is 18.0 Å². The third-order valence-corrected chi connectivity index (χ3v) is 2.57. The number of methoxy groups -OCH3 is 1. The third-order valence-electron chi connectivity index (χ3n) is 2.57. The minimum Gasteiger partial charge on any atom is -0.467 e. The molecule has 1 fully saturated rings. The number of aromatic nitrogens is 2. The maximum absolute atomic E-state index is 11.8. The molecule has 0 atom stereocenters. The van der Waals surface area contributed by atoms with Gasteiger partial charge in [-0.3, -0.25) is 9.59 Å². The van der Waals surface area contributed by atoms with Crippen molar-refractivity contribution in [3.8, 4) is 6.01 Å². The van der Waals surface area contributed by atoms with Crippen LogP contribution in [0.1, 0.15) is 19.4 Å². The van der Waals surface area contributed by atoms with Crippen LogP contribution < -0.4 is 4.74 Å². The average molecular weight is 279 g/mol. The summed E-state index contributed by atoms with van der Waals surface area (Å²) in [6, 6.07) is 0.122. The molecule has 1 aliphatic heterocycles. The summed E-state index contributed by atoms with van der Waals surface area (Å²) >= 11 is 0. The van der Waals surface area contributed by atoms with Gasteiger partial charge in [0.1, 0.15) is 0 Å². The number of ether oxygens (including phenoxy) is 3. The van der Waals surface area contributed by atoms with Gasteiger partial charge in [-0.1, -0.05) is 0 Å². The van der Waals surface area contributed by atoms with Gasteiger partial charge in [0.25, 0.3) is 5.79 Å². The van der Waals surface area contributed by atoms with Crippen LogP contribution in [-0.4, -0.2) is 40.5 Å². The first-order valence-corrected chi connectivity index (χ1v) is 5.74. The lowest BCUT2D eigenvalue weighted by Crippen LogP contribution is -2.49. The van der Waals surface area contributed by atoms with Crippen molar-refractivity contribution in [2.45, 2.75) is 19.6 Å². The maximum Gasteiger partial charge on any atom is 0.329 e. The van der Waals surface area contributed by atoms with E-state index in [-0.39, 0.29) is 17.3 Å². The number of hydrogen-bond donors (Lipinski definition) is 1. The van der Waals surface area contributed by atoms with E-state index in [1.54, 1.807) is 0 Å². The largest absolute Gasteiger partial charge is 0.467 e. The van der Waals surface area contributed by atoms with Gasteiger partial charge in [0, 0.05) is 31.8 Å². The predicted molar refractivity (Wildman–Crippen MR) is 65.2 cm³/mol. The zero-order valence-electron chi connectivity index (χ0n) is 11.2. The lowest BCUT2D eigenvalue weighted by Gasteiger charge is -2.32. The summed E-state index contributed by atoms with van der Waals surface area (Å²) in [5, 5.41) is 7.92. The van der Waals surface area contributed by atoms with Crippen LogP contribution in [0.15, 0.2) is 12.4 Å². The number of nitrogens with zero attached hydrogens (tertiary/aromatic N) is 2. The first-order chi connectivity index (χ1) is 9.34. The summed E-state index contributed by atoms with van der Waals surface area (Å²) in [7, 11) is 1.40. The summed E-state index contributed by atoms with van der Waals surface area (Å²) in [6.45, 7) is 2.89. The molecule has 0 amide bonds. The van der Waals surface area contributed by atoms with E-state index in [1.807, 2.05) is 0 Å². The van der Waals surface area contributed by atoms with Gasteiger partial charge in [-0.25, -0.2) is 9.97 Å². The van der Waals surface area contributed by atoms with Crippen molar-refractivity contribution in [2.24, 2.45) is 5.92 Å². The third kappa shape index (κ3) is 2.58. The van der Waals surface area contributed by atoms with Crippen LogP contribution in [-0.2, 0) is 19.1 Å². The molecule has 8 nitrogen and oxygen atoms in total. The Hall–Kier alpha value is -2.51. The van der Waals surface area contributed by atoms with Crippen LogP contribution in [0.5, 0.6) is 6.01 Å². The Morgan fingerprint density at radius 1 is 1.25 bits per heavy atom. The second kappa shape index (κ2) is 4.87. The molecule has 0 aliphatic carbocycles. The molecule has 8 heteroatoms. The Balaban J connectivity index is 2.24. The predicted octanol–water partition coefficient (Wildman–Crippen LogP) is 0.305. The Morgan fingerprint density at radius 3 is 2.20 bits per heavy atom. The van der Waals surface area contributed by atoms with E-state index in [1.165, 1.54) is 33.4 Å². The molecule has 0 bridgehead atoms. The van der Waals surface area contributed by atoms with Crippen LogP contribution in [0.4, 0.5) is 0 Å². The number of carbonyl (C=O) groups excluding carboxylic acids is 2. The van der Waals surface area contributed by atoms with Gasteiger partial charge in [0.2, 0.25) is 0 Å². The van der Waals surface area contributed by atoms with Gasteiger partial charge in [0.15, 0.2) is 5.92 Å². The number of esters is 2. The summed E-state index contributed by atoms with van der Waals surface area (Å²) in [6.07, 6.45) is 2.57. The first-order valence-electron chi connectivity index (χ1n) is 5.74. The van der Waals surface area contributed by atoms with Crippen LogP contribution in [0, 0.1) is 11.3 Å². The first kappa shape index (κ1) is 13.9. The minimum absolute atomic E-state index is 0.122. The average Bonchev–Trinajstić information content (AvgIpc) is 2.36. The second-order valence-electron chi connectivity index (χ2n) is 4.55. The topological polar surface area (TPSA) is 111 Å². The number of carbonyl (C=O) groups is 2. The Labute approximate surface area is 114 Å². The number of rotatable bonds is 3. The molecule has 0 aromatic carbocycles. The quantitative estimate of drug-likeness (QED) is 0.481. The van der Waals surface area contributed by atoms with Gasteiger partial charge in [-0.2, -0.15) is 0 Å². The lowest BCUT2D eigenvalue weighted by molar-refractivity contribution is -0.235. The Morgan fingerprint density at radius 2 is 1.75 bits per heavy atom. The van der Waals surface area contributed by atoms with Crippen molar-refractivity contribution in [2.75, 3.05) is 7.11 Å². The Bertz CT molecular complexity index is 547. The molecule has 2 heterocycles. The Kier molecular flexibility index (Phi) is 3.39. The number of hydrogen-bond acceptors (Lipinski definition) is 8. The van der Waals surface area contributed by atoms with Crippen LogP contribution in [0.2, 0.25) is 0 Å². The molecular formula is C12H13N3O5. The summed E-state index contributed by atoms with van der Waals surface area (Å²) in [4.78, 5) is 31.3. The van der Waals surface area contributed by atoms with Gasteiger partial charge in [-0.15, -0.1) is 0 Å². The SMILES string of the molecule is COc1ncc(C(=N)C2C(=O)OC(C)(C)OC2=O)cn1. The van der Waals surface area contributed by atoms with E-state index >= 15 is 0 Å². The van der Waals surface area contributed by atoms with E-state index in [4.69, 9.17) is 19.6 Å². The maximum atomic E-state index is 11.8. The molecule has 0 saturated carbocycles. The molecule has 0 radical (unpaired) electrons. The molecule has 1 aromatic heterocycles. The minimum atomic E-state index is -1.43. The van der Waals surface area contributed by atoms with Crippen molar-refractivity contribution < 1.29 is 23.8 Å². The molecule has 0 spiro atoms. The van der Waals surface area contributed by atoms with Gasteiger partial charge in [-0.05, 0) is 0 Å². The highest BCUT2D eigenvalue weighted by Crippen LogP contribution is 2.25.